The van der Waals surface area contributed by atoms with Gasteiger partial charge in [0.2, 0.25) is 0 Å². The third-order valence-electron chi connectivity index (χ3n) is 2.39. The number of aryl methyl sites for hydroxylation is 1. The highest BCUT2D eigenvalue weighted by Crippen LogP contribution is 2.29. The fourth-order valence-electron chi connectivity index (χ4n) is 1.54. The number of aromatic nitrogens is 1. The van der Waals surface area contributed by atoms with E-state index in [2.05, 4.69) is 24.0 Å². The van der Waals surface area contributed by atoms with Crippen LogP contribution in [0.5, 0.6) is 0 Å². The van der Waals surface area contributed by atoms with Crippen molar-refractivity contribution in [2.24, 2.45) is 0 Å². The zero-order chi connectivity index (χ0) is 12.3. The van der Waals surface area contributed by atoms with Gasteiger partial charge in [0.25, 0.3) is 0 Å². The Hall–Kier alpha value is -1.68. The second-order valence-corrected chi connectivity index (χ2v) is 4.89. The highest BCUT2D eigenvalue weighted by atomic mass is 32.2. The van der Waals surface area contributed by atoms with E-state index in [1.807, 2.05) is 18.2 Å². The zero-order valence-corrected chi connectivity index (χ0v) is 10.3. The average molecular weight is 247 g/mol. The molecule has 0 unspecified atom stereocenters. The highest BCUT2D eigenvalue weighted by Gasteiger charge is 2.06. The van der Waals surface area contributed by atoms with Gasteiger partial charge in [-0.05, 0) is 30.2 Å². The van der Waals surface area contributed by atoms with E-state index in [4.69, 9.17) is 5.11 Å². The fraction of sp³-hybridized carbons (Fsp3) is 0.154. The van der Waals surface area contributed by atoms with Crippen LogP contribution in [0.25, 0.3) is 0 Å². The molecule has 1 heterocycles. The standard InChI is InChI=1S/C13H13NO2S/c1-9-4-2-3-5-11(9)17-12-6-10(8-14-12)7-13(15)16/h2-6,8,14H,7H2,1H3,(H,15,16). The molecule has 0 aliphatic heterocycles. The Morgan fingerprint density at radius 2 is 2.18 bits per heavy atom. The summed E-state index contributed by atoms with van der Waals surface area (Å²) in [7, 11) is 0. The number of carboxylic acid groups (broad SMARTS) is 1. The van der Waals surface area contributed by atoms with E-state index < -0.39 is 5.97 Å². The first kappa shape index (κ1) is 11.8. The molecule has 88 valence electrons. The van der Waals surface area contributed by atoms with Gasteiger partial charge >= 0.3 is 5.97 Å². The third kappa shape index (κ3) is 3.14. The Bertz CT molecular complexity index is 534. The average Bonchev–Trinajstić information content (AvgIpc) is 2.68. The van der Waals surface area contributed by atoms with E-state index in [1.165, 1.54) is 10.5 Å². The first-order chi connectivity index (χ1) is 8.15. The van der Waals surface area contributed by atoms with Gasteiger partial charge in [-0.2, -0.15) is 0 Å². The van der Waals surface area contributed by atoms with Gasteiger partial charge < -0.3 is 10.1 Å². The number of rotatable bonds is 4. The summed E-state index contributed by atoms with van der Waals surface area (Å²) in [6.07, 6.45) is 1.81. The quantitative estimate of drug-likeness (QED) is 0.872. The summed E-state index contributed by atoms with van der Waals surface area (Å²) in [5.41, 5.74) is 2.01. The van der Waals surface area contributed by atoms with E-state index in [0.717, 1.165) is 10.6 Å². The molecule has 3 nitrogen and oxygen atoms in total. The molecular weight excluding hydrogens is 234 g/mol. The van der Waals surface area contributed by atoms with Gasteiger partial charge in [0, 0.05) is 11.1 Å². The molecule has 0 atom stereocenters. The number of hydrogen-bond acceptors (Lipinski definition) is 2. The van der Waals surface area contributed by atoms with Gasteiger partial charge in [0.1, 0.15) is 0 Å². The molecule has 2 N–H and O–H groups in total. The number of carboxylic acids is 1. The second-order valence-electron chi connectivity index (χ2n) is 3.81. The lowest BCUT2D eigenvalue weighted by atomic mass is 10.2. The smallest absolute Gasteiger partial charge is 0.307 e. The maximum absolute atomic E-state index is 10.6. The van der Waals surface area contributed by atoms with E-state index >= 15 is 0 Å². The molecule has 4 heteroatoms. The highest BCUT2D eigenvalue weighted by molar-refractivity contribution is 7.99. The van der Waals surface area contributed by atoms with Crippen molar-refractivity contribution in [2.75, 3.05) is 0 Å². The lowest BCUT2D eigenvalue weighted by Gasteiger charge is -2.02. The minimum Gasteiger partial charge on any atom is -0.481 e. The van der Waals surface area contributed by atoms with Crippen LogP contribution in [0.1, 0.15) is 11.1 Å². The van der Waals surface area contributed by atoms with Gasteiger partial charge in [-0.1, -0.05) is 30.0 Å². The molecule has 0 amide bonds. The van der Waals surface area contributed by atoms with Crippen molar-refractivity contribution in [3.8, 4) is 0 Å². The van der Waals surface area contributed by atoms with E-state index in [0.29, 0.717) is 0 Å². The van der Waals surface area contributed by atoms with Crippen molar-refractivity contribution in [2.45, 2.75) is 23.3 Å². The molecule has 1 aromatic heterocycles. The first-order valence-corrected chi connectivity index (χ1v) is 6.09. The number of hydrogen-bond donors (Lipinski definition) is 2. The van der Waals surface area contributed by atoms with Gasteiger partial charge in [-0.25, -0.2) is 0 Å². The first-order valence-electron chi connectivity index (χ1n) is 5.28. The minimum absolute atomic E-state index is 0.0603. The van der Waals surface area contributed by atoms with Crippen LogP contribution in [0.15, 0.2) is 46.5 Å². The van der Waals surface area contributed by atoms with Crippen LogP contribution >= 0.6 is 11.8 Å². The summed E-state index contributed by atoms with van der Waals surface area (Å²) in [5, 5.41) is 9.66. The SMILES string of the molecule is Cc1ccccc1Sc1cc(CC(=O)O)c[nH]1. The Balaban J connectivity index is 2.12. The molecule has 1 aromatic carbocycles. The van der Waals surface area contributed by atoms with Crippen molar-refractivity contribution in [3.63, 3.8) is 0 Å². The summed E-state index contributed by atoms with van der Waals surface area (Å²) in [6.45, 7) is 2.06. The Kier molecular flexibility index (Phi) is 3.54. The largest absolute Gasteiger partial charge is 0.481 e. The van der Waals surface area contributed by atoms with Crippen LogP contribution in [-0.4, -0.2) is 16.1 Å². The maximum Gasteiger partial charge on any atom is 0.307 e. The molecule has 0 radical (unpaired) electrons. The molecule has 0 bridgehead atoms. The van der Waals surface area contributed by atoms with Crippen molar-refractivity contribution < 1.29 is 9.90 Å². The predicted octanol–water partition coefficient (Wildman–Crippen LogP) is 3.10. The number of aromatic amines is 1. The molecule has 0 aliphatic rings. The van der Waals surface area contributed by atoms with Crippen molar-refractivity contribution >= 4 is 17.7 Å². The van der Waals surface area contributed by atoms with Crippen molar-refractivity contribution in [3.05, 3.63) is 47.7 Å². The predicted molar refractivity (Wildman–Crippen MR) is 67.4 cm³/mol. The summed E-state index contributed by atoms with van der Waals surface area (Å²) in [6, 6.07) is 9.99. The van der Waals surface area contributed by atoms with Gasteiger partial charge in [0.05, 0.1) is 11.4 Å². The molecule has 17 heavy (non-hydrogen) atoms. The summed E-state index contributed by atoms with van der Waals surface area (Å²) < 4.78 is 0. The molecule has 0 aliphatic carbocycles. The lowest BCUT2D eigenvalue weighted by Crippen LogP contribution is -1.97. The van der Waals surface area contributed by atoms with Gasteiger partial charge in [-0.15, -0.1) is 0 Å². The maximum atomic E-state index is 10.6. The van der Waals surface area contributed by atoms with Crippen LogP contribution in [-0.2, 0) is 11.2 Å². The van der Waals surface area contributed by atoms with E-state index in [-0.39, 0.29) is 6.42 Å². The summed E-state index contributed by atoms with van der Waals surface area (Å²) >= 11 is 1.61. The molecule has 0 spiro atoms. The van der Waals surface area contributed by atoms with Crippen LogP contribution in [0, 0.1) is 6.92 Å². The van der Waals surface area contributed by atoms with Crippen LogP contribution in [0.2, 0.25) is 0 Å². The van der Waals surface area contributed by atoms with Crippen molar-refractivity contribution in [1.82, 2.24) is 4.98 Å². The number of benzene rings is 1. The summed E-state index contributed by atoms with van der Waals surface area (Å²) in [4.78, 5) is 14.8. The van der Waals surface area contributed by atoms with Crippen LogP contribution in [0.4, 0.5) is 0 Å². The van der Waals surface area contributed by atoms with E-state index in [9.17, 15) is 4.79 Å². The second kappa shape index (κ2) is 5.10. The third-order valence-corrected chi connectivity index (χ3v) is 3.52. The topological polar surface area (TPSA) is 53.1 Å². The fourth-order valence-corrected chi connectivity index (χ4v) is 2.48. The zero-order valence-electron chi connectivity index (χ0n) is 9.43. The molecule has 0 saturated carbocycles. The van der Waals surface area contributed by atoms with Gasteiger partial charge in [0.15, 0.2) is 0 Å². The Morgan fingerprint density at radius 1 is 1.41 bits per heavy atom. The Morgan fingerprint density at radius 3 is 2.88 bits per heavy atom. The Labute approximate surface area is 104 Å². The summed E-state index contributed by atoms with van der Waals surface area (Å²) in [5.74, 6) is -0.809. The number of nitrogens with one attached hydrogen (secondary N) is 1. The normalized spacial score (nSPS) is 10.4. The molecule has 2 rings (SSSR count). The van der Waals surface area contributed by atoms with E-state index in [1.54, 1.807) is 18.0 Å². The monoisotopic (exact) mass is 247 g/mol. The van der Waals surface area contributed by atoms with Gasteiger partial charge in [-0.3, -0.25) is 4.79 Å². The van der Waals surface area contributed by atoms with Crippen LogP contribution < -0.4 is 0 Å². The molecular formula is C13H13NO2S. The number of H-pyrrole nitrogens is 1. The lowest BCUT2D eigenvalue weighted by molar-refractivity contribution is -0.136. The van der Waals surface area contributed by atoms with Crippen LogP contribution in [0.3, 0.4) is 0 Å². The molecule has 2 aromatic rings. The number of aliphatic carboxylic acids is 1. The number of carbonyl (C=O) groups is 1. The molecule has 0 saturated heterocycles. The minimum atomic E-state index is -0.809. The van der Waals surface area contributed by atoms with Crippen molar-refractivity contribution in [1.29, 1.82) is 0 Å². The molecule has 0 fully saturated rings.